The quantitative estimate of drug-likeness (QED) is 0.864. The monoisotopic (exact) mass is 294 g/mol. The fraction of sp³-hybridized carbons (Fsp3) is 0.200. The van der Waals surface area contributed by atoms with E-state index in [1.807, 2.05) is 0 Å². The van der Waals surface area contributed by atoms with Gasteiger partial charge in [0, 0.05) is 22.3 Å². The lowest BCUT2D eigenvalue weighted by Gasteiger charge is -2.06. The second kappa shape index (κ2) is 5.55. The Balaban J connectivity index is 2.54. The first-order valence-electron chi connectivity index (χ1n) is 6.27. The van der Waals surface area contributed by atoms with Gasteiger partial charge in [-0.25, -0.2) is 4.98 Å². The molecule has 0 bridgehead atoms. The Bertz CT molecular complexity index is 788. The highest BCUT2D eigenvalue weighted by Crippen LogP contribution is 2.27. The van der Waals surface area contributed by atoms with Crippen LogP contribution in [-0.4, -0.2) is 15.8 Å². The molecule has 0 aliphatic rings. The van der Waals surface area contributed by atoms with E-state index in [0.717, 1.165) is 11.4 Å². The van der Waals surface area contributed by atoms with E-state index in [1.54, 1.807) is 26.0 Å². The second-order valence-corrected chi connectivity index (χ2v) is 4.34. The first-order chi connectivity index (χ1) is 9.88. The maximum Gasteiger partial charge on any atom is 0.433 e. The average molecular weight is 294 g/mol. The van der Waals surface area contributed by atoms with Crippen LogP contribution in [0.3, 0.4) is 0 Å². The van der Waals surface area contributed by atoms with E-state index in [4.69, 9.17) is 0 Å². The number of H-pyrrole nitrogens is 1. The molecule has 6 heteroatoms. The third-order valence-electron chi connectivity index (χ3n) is 3.05. The smallest absolute Gasteiger partial charge is 0.361 e. The van der Waals surface area contributed by atoms with E-state index < -0.39 is 17.7 Å². The Labute approximate surface area is 118 Å². The molecule has 0 aromatic carbocycles. The van der Waals surface area contributed by atoms with Crippen molar-refractivity contribution in [2.75, 3.05) is 0 Å². The van der Waals surface area contributed by atoms with Gasteiger partial charge in [0.1, 0.15) is 11.4 Å². The summed E-state index contributed by atoms with van der Waals surface area (Å²) in [7, 11) is 0. The lowest BCUT2D eigenvalue weighted by atomic mass is 10.1. The van der Waals surface area contributed by atoms with Gasteiger partial charge >= 0.3 is 6.18 Å². The molecule has 3 nitrogen and oxygen atoms in total. The number of nitrogens with one attached hydrogen (secondary N) is 1. The summed E-state index contributed by atoms with van der Waals surface area (Å²) in [6.45, 7) is 3.56. The minimum Gasteiger partial charge on any atom is -0.361 e. The molecule has 2 aromatic heterocycles. The van der Waals surface area contributed by atoms with Crippen LogP contribution in [0.1, 0.15) is 35.6 Å². The van der Waals surface area contributed by atoms with Crippen molar-refractivity contribution >= 4 is 17.9 Å². The maximum atomic E-state index is 12.6. The summed E-state index contributed by atoms with van der Waals surface area (Å²) >= 11 is 0. The molecular formula is C15H13F3N2O. The highest BCUT2D eigenvalue weighted by Gasteiger charge is 2.33. The predicted molar refractivity (Wildman–Crippen MR) is 73.0 cm³/mol. The zero-order valence-corrected chi connectivity index (χ0v) is 11.5. The Kier molecular flexibility index (Phi) is 3.97. The molecule has 0 saturated carbocycles. The molecule has 2 heterocycles. The van der Waals surface area contributed by atoms with Gasteiger partial charge in [0.2, 0.25) is 5.78 Å². The Morgan fingerprint density at radius 3 is 2.52 bits per heavy atom. The van der Waals surface area contributed by atoms with Gasteiger partial charge in [-0.2, -0.15) is 13.2 Å². The molecule has 1 N–H and O–H groups in total. The molecule has 2 rings (SSSR count). The molecule has 0 radical (unpaired) electrons. The number of carbonyl (C=O) groups excluding carboxylic acids is 1. The highest BCUT2D eigenvalue weighted by atomic mass is 19.4. The Morgan fingerprint density at radius 2 is 1.95 bits per heavy atom. The van der Waals surface area contributed by atoms with E-state index in [-0.39, 0.29) is 5.69 Å². The number of halogens is 3. The molecule has 0 spiro atoms. The fourth-order valence-corrected chi connectivity index (χ4v) is 2.05. The zero-order chi connectivity index (χ0) is 15.6. The molecule has 110 valence electrons. The molecule has 0 aliphatic heterocycles. The van der Waals surface area contributed by atoms with Gasteiger partial charge in [-0.3, -0.25) is 4.79 Å². The number of nitrogens with zero attached hydrogens (tertiary/aromatic N) is 1. The molecule has 0 atom stereocenters. The number of rotatable bonds is 2. The Morgan fingerprint density at radius 1 is 1.24 bits per heavy atom. The molecule has 0 unspecified atom stereocenters. The van der Waals surface area contributed by atoms with Crippen LogP contribution in [0.5, 0.6) is 0 Å². The summed E-state index contributed by atoms with van der Waals surface area (Å²) in [4.78, 5) is 18.7. The first kappa shape index (κ1) is 15.0. The van der Waals surface area contributed by atoms with Crippen molar-refractivity contribution in [2.45, 2.75) is 20.0 Å². The van der Waals surface area contributed by atoms with Crippen molar-refractivity contribution in [1.82, 2.24) is 9.97 Å². The third-order valence-corrected chi connectivity index (χ3v) is 3.05. The number of pyridine rings is 1. The van der Waals surface area contributed by atoms with Gasteiger partial charge in [-0.1, -0.05) is 18.2 Å². The van der Waals surface area contributed by atoms with Crippen LogP contribution in [0.15, 0.2) is 24.4 Å². The lowest BCUT2D eigenvalue weighted by Crippen LogP contribution is -2.27. The average Bonchev–Trinajstić information content (AvgIpc) is 2.88. The number of aromatic nitrogens is 2. The lowest BCUT2D eigenvalue weighted by molar-refractivity contribution is -0.141. The van der Waals surface area contributed by atoms with E-state index >= 15 is 0 Å². The van der Waals surface area contributed by atoms with Crippen LogP contribution >= 0.6 is 0 Å². The number of hydrogen-bond acceptors (Lipinski definition) is 2. The molecular weight excluding hydrogens is 281 g/mol. The highest BCUT2D eigenvalue weighted by molar-refractivity contribution is 6.07. The maximum absolute atomic E-state index is 12.6. The Hall–Kier alpha value is -2.37. The van der Waals surface area contributed by atoms with Gasteiger partial charge < -0.3 is 4.98 Å². The van der Waals surface area contributed by atoms with Crippen LogP contribution < -0.4 is 10.6 Å². The molecule has 21 heavy (non-hydrogen) atoms. The molecule has 0 amide bonds. The summed E-state index contributed by atoms with van der Waals surface area (Å²) in [6.07, 6.45) is 0.420. The van der Waals surface area contributed by atoms with Crippen molar-refractivity contribution in [1.29, 1.82) is 0 Å². The normalized spacial score (nSPS) is 13.8. The summed E-state index contributed by atoms with van der Waals surface area (Å²) in [5, 5.41) is 1.40. The number of aromatic amines is 1. The third kappa shape index (κ3) is 2.89. The van der Waals surface area contributed by atoms with Crippen molar-refractivity contribution in [3.8, 4) is 0 Å². The van der Waals surface area contributed by atoms with Crippen molar-refractivity contribution in [3.05, 3.63) is 51.9 Å². The number of alkyl halides is 3. The van der Waals surface area contributed by atoms with Gasteiger partial charge in [0.05, 0.1) is 0 Å². The number of carbonyl (C=O) groups is 1. The van der Waals surface area contributed by atoms with Crippen molar-refractivity contribution in [2.24, 2.45) is 0 Å². The summed E-state index contributed by atoms with van der Waals surface area (Å²) in [6, 6.07) is 3.29. The van der Waals surface area contributed by atoms with Crippen LogP contribution in [0.25, 0.3) is 12.2 Å². The van der Waals surface area contributed by atoms with Gasteiger partial charge in [0.25, 0.3) is 0 Å². The minimum atomic E-state index is -4.57. The van der Waals surface area contributed by atoms with Crippen molar-refractivity contribution < 1.29 is 18.0 Å². The minimum absolute atomic E-state index is 0.227. The second-order valence-electron chi connectivity index (χ2n) is 4.34. The van der Waals surface area contributed by atoms with E-state index in [0.29, 0.717) is 10.8 Å². The SMILES string of the molecule is C/C=c1/c(C(=O)c2cccc(C(F)(F)F)n2)c[nH]/c1=C/C. The van der Waals surface area contributed by atoms with Crippen LogP contribution in [0, 0.1) is 0 Å². The molecule has 0 aliphatic carbocycles. The zero-order valence-electron chi connectivity index (χ0n) is 11.5. The number of ketones is 1. The summed E-state index contributed by atoms with van der Waals surface area (Å²) < 4.78 is 37.9. The van der Waals surface area contributed by atoms with E-state index in [1.165, 1.54) is 18.3 Å². The van der Waals surface area contributed by atoms with Crippen LogP contribution in [0.2, 0.25) is 0 Å². The largest absolute Gasteiger partial charge is 0.433 e. The fourth-order valence-electron chi connectivity index (χ4n) is 2.05. The predicted octanol–water partition coefficient (Wildman–Crippen LogP) is 2.26. The molecule has 0 saturated heterocycles. The van der Waals surface area contributed by atoms with Gasteiger partial charge in [0.15, 0.2) is 0 Å². The van der Waals surface area contributed by atoms with Crippen LogP contribution in [-0.2, 0) is 6.18 Å². The molecule has 0 fully saturated rings. The molecule has 2 aromatic rings. The van der Waals surface area contributed by atoms with Gasteiger partial charge in [-0.15, -0.1) is 0 Å². The van der Waals surface area contributed by atoms with Crippen molar-refractivity contribution in [3.63, 3.8) is 0 Å². The van der Waals surface area contributed by atoms with E-state index in [9.17, 15) is 18.0 Å². The number of hydrogen-bond donors (Lipinski definition) is 1. The standard InChI is InChI=1S/C15H13F3N2O/c1-3-9-10(8-19-11(9)4-2)14(21)12-6-5-7-13(20-12)15(16,17)18/h3-8,19H,1-2H3/b9-3-,11-4+. The summed E-state index contributed by atoms with van der Waals surface area (Å²) in [5.74, 6) is -0.543. The van der Waals surface area contributed by atoms with E-state index in [2.05, 4.69) is 9.97 Å². The topological polar surface area (TPSA) is 45.8 Å². The summed E-state index contributed by atoms with van der Waals surface area (Å²) in [5.41, 5.74) is -1.000. The van der Waals surface area contributed by atoms with Gasteiger partial charge in [-0.05, 0) is 26.0 Å². The van der Waals surface area contributed by atoms with Crippen LogP contribution in [0.4, 0.5) is 13.2 Å². The first-order valence-corrected chi connectivity index (χ1v) is 6.27.